The fourth-order valence-corrected chi connectivity index (χ4v) is 1.83. The Morgan fingerprint density at radius 2 is 1.63 bits per heavy atom. The average molecular weight is 267 g/mol. The van der Waals surface area contributed by atoms with E-state index >= 15 is 0 Å². The number of halogens is 3. The fourth-order valence-electron chi connectivity index (χ4n) is 1.83. The van der Waals surface area contributed by atoms with Crippen molar-refractivity contribution in [2.45, 2.75) is 13.0 Å². The molecule has 2 rings (SSSR count). The Balaban J connectivity index is 2.29. The van der Waals surface area contributed by atoms with Gasteiger partial charge in [0.05, 0.1) is 6.04 Å². The molecule has 0 aliphatic heterocycles. The van der Waals surface area contributed by atoms with Crippen molar-refractivity contribution in [1.29, 1.82) is 0 Å². The van der Waals surface area contributed by atoms with Gasteiger partial charge in [-0.05, 0) is 13.0 Å². The van der Waals surface area contributed by atoms with Crippen LogP contribution in [0.25, 0.3) is 0 Å². The van der Waals surface area contributed by atoms with Gasteiger partial charge in [0.15, 0.2) is 11.6 Å². The zero-order valence-corrected chi connectivity index (χ0v) is 10.1. The lowest BCUT2D eigenvalue weighted by Gasteiger charge is -2.17. The van der Waals surface area contributed by atoms with E-state index in [0.717, 1.165) is 0 Å². The van der Waals surface area contributed by atoms with Gasteiger partial charge < -0.3 is 10.4 Å². The molecule has 0 heterocycles. The van der Waals surface area contributed by atoms with Gasteiger partial charge in [0.1, 0.15) is 17.3 Å². The molecule has 19 heavy (non-hydrogen) atoms. The first kappa shape index (κ1) is 13.3. The molecule has 0 aliphatic carbocycles. The van der Waals surface area contributed by atoms with Crippen molar-refractivity contribution in [3.8, 4) is 5.75 Å². The number of hydrogen-bond acceptors (Lipinski definition) is 2. The van der Waals surface area contributed by atoms with Crippen LogP contribution < -0.4 is 5.32 Å². The second-order valence-electron chi connectivity index (χ2n) is 4.17. The number of benzene rings is 2. The molecule has 0 aliphatic rings. The molecule has 0 bridgehead atoms. The van der Waals surface area contributed by atoms with Crippen LogP contribution in [0.1, 0.15) is 18.5 Å². The summed E-state index contributed by atoms with van der Waals surface area (Å²) in [5.74, 6) is -2.99. The molecule has 0 spiro atoms. The Labute approximate surface area is 108 Å². The van der Waals surface area contributed by atoms with E-state index in [2.05, 4.69) is 5.32 Å². The van der Waals surface area contributed by atoms with Crippen LogP contribution in [0.15, 0.2) is 36.4 Å². The molecule has 100 valence electrons. The Morgan fingerprint density at radius 1 is 1.05 bits per heavy atom. The molecule has 2 N–H and O–H groups in total. The summed E-state index contributed by atoms with van der Waals surface area (Å²) >= 11 is 0. The third kappa shape index (κ3) is 2.81. The normalized spacial score (nSPS) is 12.2. The maximum Gasteiger partial charge on any atom is 0.152 e. The first-order chi connectivity index (χ1) is 8.99. The second-order valence-corrected chi connectivity index (χ2v) is 4.17. The number of nitrogens with one attached hydrogen (secondary N) is 1. The molecule has 0 saturated heterocycles. The molecule has 1 atom stereocenters. The van der Waals surface area contributed by atoms with Crippen molar-refractivity contribution < 1.29 is 18.3 Å². The van der Waals surface area contributed by atoms with E-state index in [1.54, 1.807) is 25.1 Å². The van der Waals surface area contributed by atoms with Crippen LogP contribution in [0.2, 0.25) is 0 Å². The van der Waals surface area contributed by atoms with Crippen LogP contribution >= 0.6 is 0 Å². The SMILES string of the molecule is CC(Nc1c(F)cc(F)cc1F)c1ccccc1O. The second kappa shape index (κ2) is 5.22. The van der Waals surface area contributed by atoms with E-state index in [0.29, 0.717) is 17.7 Å². The zero-order chi connectivity index (χ0) is 14.0. The third-order valence-corrected chi connectivity index (χ3v) is 2.77. The van der Waals surface area contributed by atoms with Crippen LogP contribution in [-0.2, 0) is 0 Å². The predicted octanol–water partition coefficient (Wildman–Crippen LogP) is 3.98. The minimum absolute atomic E-state index is 0.0189. The van der Waals surface area contributed by atoms with E-state index in [1.165, 1.54) is 6.07 Å². The summed E-state index contributed by atoms with van der Waals surface area (Å²) < 4.78 is 39.8. The molecule has 1 unspecified atom stereocenters. The summed E-state index contributed by atoms with van der Waals surface area (Å²) in [5.41, 5.74) is 0.0720. The van der Waals surface area contributed by atoms with Crippen LogP contribution in [0.5, 0.6) is 5.75 Å². The van der Waals surface area contributed by atoms with E-state index in [9.17, 15) is 18.3 Å². The molecule has 2 aromatic carbocycles. The molecule has 0 aromatic heterocycles. The summed E-state index contributed by atoms with van der Waals surface area (Å²) in [4.78, 5) is 0. The maximum absolute atomic E-state index is 13.5. The highest BCUT2D eigenvalue weighted by Gasteiger charge is 2.16. The quantitative estimate of drug-likeness (QED) is 0.881. The van der Waals surface area contributed by atoms with Gasteiger partial charge in [-0.15, -0.1) is 0 Å². The minimum atomic E-state index is -1.01. The van der Waals surface area contributed by atoms with Gasteiger partial charge in [-0.1, -0.05) is 18.2 Å². The lowest BCUT2D eigenvalue weighted by atomic mass is 10.1. The Hall–Kier alpha value is -2.17. The van der Waals surface area contributed by atoms with Crippen molar-refractivity contribution >= 4 is 5.69 Å². The molecule has 2 nitrogen and oxygen atoms in total. The van der Waals surface area contributed by atoms with Gasteiger partial charge >= 0.3 is 0 Å². The standard InChI is InChI=1S/C14H12F3NO/c1-8(10-4-2-3-5-13(10)19)18-14-11(16)6-9(15)7-12(14)17/h2-8,18-19H,1H3. The van der Waals surface area contributed by atoms with E-state index in [-0.39, 0.29) is 5.75 Å². The van der Waals surface area contributed by atoms with Gasteiger partial charge in [-0.2, -0.15) is 0 Å². The van der Waals surface area contributed by atoms with Crippen molar-refractivity contribution in [2.75, 3.05) is 5.32 Å². The third-order valence-electron chi connectivity index (χ3n) is 2.77. The van der Waals surface area contributed by atoms with Crippen LogP contribution in [0.4, 0.5) is 18.9 Å². The van der Waals surface area contributed by atoms with Gasteiger partial charge in [-0.3, -0.25) is 0 Å². The van der Waals surface area contributed by atoms with Crippen molar-refractivity contribution in [3.05, 3.63) is 59.4 Å². The molecular weight excluding hydrogens is 255 g/mol. The highest BCUT2D eigenvalue weighted by atomic mass is 19.1. The molecule has 0 amide bonds. The smallest absolute Gasteiger partial charge is 0.152 e. The Kier molecular flexibility index (Phi) is 3.64. The van der Waals surface area contributed by atoms with Gasteiger partial charge in [-0.25, -0.2) is 13.2 Å². The Bertz CT molecular complexity index is 578. The van der Waals surface area contributed by atoms with Gasteiger partial charge in [0.2, 0.25) is 0 Å². The fraction of sp³-hybridized carbons (Fsp3) is 0.143. The first-order valence-electron chi connectivity index (χ1n) is 5.68. The molecule has 5 heteroatoms. The summed E-state index contributed by atoms with van der Waals surface area (Å²) in [7, 11) is 0. The number of phenolic OH excluding ortho intramolecular Hbond substituents is 1. The molecule has 2 aromatic rings. The van der Waals surface area contributed by atoms with Crippen molar-refractivity contribution in [3.63, 3.8) is 0 Å². The number of phenols is 1. The zero-order valence-electron chi connectivity index (χ0n) is 10.1. The van der Waals surface area contributed by atoms with Crippen molar-refractivity contribution in [2.24, 2.45) is 0 Å². The first-order valence-corrected chi connectivity index (χ1v) is 5.68. The Morgan fingerprint density at radius 3 is 2.21 bits per heavy atom. The maximum atomic E-state index is 13.5. The molecule has 0 fully saturated rings. The largest absolute Gasteiger partial charge is 0.508 e. The predicted molar refractivity (Wildman–Crippen MR) is 66.5 cm³/mol. The van der Waals surface area contributed by atoms with E-state index in [1.807, 2.05) is 0 Å². The number of rotatable bonds is 3. The lowest BCUT2D eigenvalue weighted by molar-refractivity contribution is 0.465. The number of aromatic hydroxyl groups is 1. The number of hydrogen-bond donors (Lipinski definition) is 2. The van der Waals surface area contributed by atoms with Crippen LogP contribution in [0.3, 0.4) is 0 Å². The summed E-state index contributed by atoms with van der Waals surface area (Å²) in [5, 5.41) is 12.2. The average Bonchev–Trinajstić information content (AvgIpc) is 2.34. The lowest BCUT2D eigenvalue weighted by Crippen LogP contribution is -2.10. The van der Waals surface area contributed by atoms with Crippen LogP contribution in [-0.4, -0.2) is 5.11 Å². The van der Waals surface area contributed by atoms with E-state index < -0.39 is 29.2 Å². The molecule has 0 radical (unpaired) electrons. The molecule has 0 saturated carbocycles. The summed E-state index contributed by atoms with van der Waals surface area (Å²) in [6.07, 6.45) is 0. The summed E-state index contributed by atoms with van der Waals surface area (Å²) in [6.45, 7) is 1.64. The monoisotopic (exact) mass is 267 g/mol. The highest BCUT2D eigenvalue weighted by Crippen LogP contribution is 2.29. The number of para-hydroxylation sites is 1. The van der Waals surface area contributed by atoms with Gasteiger partial charge in [0, 0.05) is 17.7 Å². The summed E-state index contributed by atoms with van der Waals surface area (Å²) in [6, 6.07) is 7.12. The number of anilines is 1. The van der Waals surface area contributed by atoms with E-state index in [4.69, 9.17) is 0 Å². The van der Waals surface area contributed by atoms with Crippen molar-refractivity contribution in [1.82, 2.24) is 0 Å². The van der Waals surface area contributed by atoms with Crippen LogP contribution in [0, 0.1) is 17.5 Å². The highest BCUT2D eigenvalue weighted by molar-refractivity contribution is 5.49. The minimum Gasteiger partial charge on any atom is -0.508 e. The molecular formula is C14H12F3NO. The van der Waals surface area contributed by atoms with Gasteiger partial charge in [0.25, 0.3) is 0 Å². The topological polar surface area (TPSA) is 32.3 Å².